The summed E-state index contributed by atoms with van der Waals surface area (Å²) in [7, 11) is 0. The molecule has 13 heteroatoms. The fourth-order valence-electron chi connectivity index (χ4n) is 3.74. The number of aromatic amines is 1. The summed E-state index contributed by atoms with van der Waals surface area (Å²) in [5.74, 6) is -3.57. The zero-order valence-electron chi connectivity index (χ0n) is 17.0. The average molecular weight is 481 g/mol. The van der Waals surface area contributed by atoms with Gasteiger partial charge in [-0.25, -0.2) is 14.6 Å². The van der Waals surface area contributed by atoms with Gasteiger partial charge in [0.15, 0.2) is 0 Å². The number of halogens is 6. The monoisotopic (exact) mass is 481 g/mol. The van der Waals surface area contributed by atoms with Crippen LogP contribution in [0.4, 0.5) is 26.3 Å². The van der Waals surface area contributed by atoms with E-state index in [1.165, 1.54) is 36.9 Å². The molecule has 1 aromatic carbocycles. The normalized spacial score (nSPS) is 19.8. The molecule has 3 N–H and O–H groups in total. The fraction of sp³-hybridized carbons (Fsp3) is 0.450. The van der Waals surface area contributed by atoms with Crippen LogP contribution in [-0.4, -0.2) is 62.0 Å². The summed E-state index contributed by atoms with van der Waals surface area (Å²) in [5, 5.41) is 14.2. The van der Waals surface area contributed by atoms with Crippen LogP contribution in [-0.2, 0) is 16.1 Å². The number of piperidine rings is 1. The molecule has 2 fully saturated rings. The number of hydrogen-bond acceptors (Lipinski definition) is 4. The summed E-state index contributed by atoms with van der Waals surface area (Å²) < 4.78 is 63.5. The van der Waals surface area contributed by atoms with Gasteiger partial charge in [0.25, 0.3) is 0 Å². The summed E-state index contributed by atoms with van der Waals surface area (Å²) in [6.45, 7) is 2.36. The third-order valence-corrected chi connectivity index (χ3v) is 5.15. The Labute approximate surface area is 184 Å². The molecule has 2 aromatic rings. The number of likely N-dealkylation sites (tertiary alicyclic amines) is 1. The van der Waals surface area contributed by atoms with Crippen molar-refractivity contribution in [3.8, 4) is 11.4 Å². The van der Waals surface area contributed by atoms with Gasteiger partial charge in [-0.05, 0) is 30.7 Å². The van der Waals surface area contributed by atoms with Crippen LogP contribution in [0.3, 0.4) is 0 Å². The number of carboxylic acid groups (broad SMARTS) is 2. The molecule has 2 aliphatic rings. The summed E-state index contributed by atoms with van der Waals surface area (Å²) in [6, 6.07) is 9.47. The minimum atomic E-state index is -5.08. The van der Waals surface area contributed by atoms with Gasteiger partial charge in [-0.15, -0.1) is 0 Å². The SMILES string of the molecule is O=C(O)C(F)(F)F.O=C(O)C(F)(F)F.c1ccc(-c2ncc[nH]2)c(CN2C[C@H]3CC[C@H]2C3)c1. The van der Waals surface area contributed by atoms with E-state index in [1.807, 2.05) is 12.4 Å². The Morgan fingerprint density at radius 2 is 1.61 bits per heavy atom. The van der Waals surface area contributed by atoms with Crippen molar-refractivity contribution < 1.29 is 46.1 Å². The first kappa shape index (κ1) is 26.2. The Balaban J connectivity index is 0.000000230. The second-order valence-electron chi connectivity index (χ2n) is 7.46. The molecule has 1 aromatic heterocycles. The Bertz CT molecular complexity index is 907. The second-order valence-corrected chi connectivity index (χ2v) is 7.46. The van der Waals surface area contributed by atoms with Gasteiger partial charge in [0, 0.05) is 37.1 Å². The van der Waals surface area contributed by atoms with Crippen molar-refractivity contribution >= 4 is 11.9 Å². The number of fused-ring (bicyclic) bond motifs is 2. The standard InChI is InChI=1S/C16H19N3.2C2HF3O2/c1-2-4-15(16-17-7-8-18-16)13(3-1)11-19-10-12-5-6-14(19)9-12;2*3-2(4,5)1(6)7/h1-4,7-8,12,14H,5-6,9-11H2,(H,17,18);2*(H,6,7)/t12-,14-;;/m0../s1. The smallest absolute Gasteiger partial charge is 0.475 e. The molecule has 33 heavy (non-hydrogen) atoms. The largest absolute Gasteiger partial charge is 0.490 e. The number of rotatable bonds is 3. The molecule has 2 atom stereocenters. The highest BCUT2D eigenvalue weighted by Crippen LogP contribution is 2.38. The number of H-pyrrole nitrogens is 1. The first-order valence-corrected chi connectivity index (χ1v) is 9.71. The molecule has 1 aliphatic heterocycles. The molecule has 182 valence electrons. The van der Waals surface area contributed by atoms with Crippen LogP contribution in [0.2, 0.25) is 0 Å². The molecule has 0 amide bonds. The van der Waals surface area contributed by atoms with E-state index in [9.17, 15) is 26.3 Å². The Kier molecular flexibility index (Phi) is 8.47. The molecule has 1 saturated carbocycles. The number of aromatic nitrogens is 2. The zero-order valence-corrected chi connectivity index (χ0v) is 17.0. The van der Waals surface area contributed by atoms with Gasteiger partial charge < -0.3 is 15.2 Å². The highest BCUT2D eigenvalue weighted by molar-refractivity contribution is 5.73. The maximum Gasteiger partial charge on any atom is 0.490 e. The summed E-state index contributed by atoms with van der Waals surface area (Å²) >= 11 is 0. The van der Waals surface area contributed by atoms with E-state index in [2.05, 4.69) is 39.1 Å². The summed E-state index contributed by atoms with van der Waals surface area (Å²) in [6.07, 6.45) is -2.19. The van der Waals surface area contributed by atoms with E-state index in [-0.39, 0.29) is 0 Å². The van der Waals surface area contributed by atoms with Gasteiger partial charge in [-0.3, -0.25) is 4.90 Å². The summed E-state index contributed by atoms with van der Waals surface area (Å²) in [5.41, 5.74) is 2.64. The zero-order chi connectivity index (χ0) is 24.8. The number of nitrogens with one attached hydrogen (secondary N) is 1. The molecule has 7 nitrogen and oxygen atoms in total. The van der Waals surface area contributed by atoms with Crippen LogP contribution in [0.1, 0.15) is 24.8 Å². The van der Waals surface area contributed by atoms with E-state index >= 15 is 0 Å². The van der Waals surface area contributed by atoms with Crippen molar-refractivity contribution in [3.05, 3.63) is 42.2 Å². The van der Waals surface area contributed by atoms with Crippen LogP contribution in [0.5, 0.6) is 0 Å². The molecule has 1 aliphatic carbocycles. The van der Waals surface area contributed by atoms with Crippen molar-refractivity contribution in [3.63, 3.8) is 0 Å². The minimum absolute atomic E-state index is 0.828. The predicted octanol–water partition coefficient (Wildman–Crippen LogP) is 4.33. The van der Waals surface area contributed by atoms with E-state index in [1.54, 1.807) is 0 Å². The summed E-state index contributed by atoms with van der Waals surface area (Å²) in [4.78, 5) is 28.1. The lowest BCUT2D eigenvalue weighted by molar-refractivity contribution is -0.193. The Morgan fingerprint density at radius 3 is 2.03 bits per heavy atom. The second kappa shape index (κ2) is 10.7. The molecule has 1 saturated heterocycles. The van der Waals surface area contributed by atoms with Gasteiger partial charge in [0.1, 0.15) is 5.82 Å². The maximum absolute atomic E-state index is 10.6. The Morgan fingerprint density at radius 1 is 1.03 bits per heavy atom. The van der Waals surface area contributed by atoms with E-state index < -0.39 is 24.3 Å². The first-order valence-electron chi connectivity index (χ1n) is 9.71. The van der Waals surface area contributed by atoms with E-state index in [4.69, 9.17) is 19.8 Å². The van der Waals surface area contributed by atoms with Gasteiger partial charge >= 0.3 is 24.3 Å². The topological polar surface area (TPSA) is 107 Å². The van der Waals surface area contributed by atoms with Crippen LogP contribution >= 0.6 is 0 Å². The predicted molar refractivity (Wildman–Crippen MR) is 103 cm³/mol. The molecule has 0 spiro atoms. The molecular weight excluding hydrogens is 460 g/mol. The van der Waals surface area contributed by atoms with Crippen LogP contribution in [0, 0.1) is 5.92 Å². The van der Waals surface area contributed by atoms with Gasteiger partial charge in [-0.1, -0.05) is 24.3 Å². The number of benzene rings is 1. The minimum Gasteiger partial charge on any atom is -0.475 e. The number of aliphatic carboxylic acids is 2. The van der Waals surface area contributed by atoms with Crippen molar-refractivity contribution in [1.82, 2.24) is 14.9 Å². The van der Waals surface area contributed by atoms with Crippen LogP contribution in [0.15, 0.2) is 36.7 Å². The lowest BCUT2D eigenvalue weighted by Crippen LogP contribution is -2.31. The molecular formula is C20H21F6N3O4. The third kappa shape index (κ3) is 7.77. The van der Waals surface area contributed by atoms with Crippen molar-refractivity contribution in [2.24, 2.45) is 5.92 Å². The quantitative estimate of drug-likeness (QED) is 0.564. The molecule has 2 bridgehead atoms. The highest BCUT2D eigenvalue weighted by Gasteiger charge is 2.39. The number of carbonyl (C=O) groups is 2. The Hall–Kier alpha value is -3.09. The van der Waals surface area contributed by atoms with Crippen LogP contribution in [0.25, 0.3) is 11.4 Å². The van der Waals surface area contributed by atoms with E-state index in [0.717, 1.165) is 24.3 Å². The van der Waals surface area contributed by atoms with E-state index in [0.29, 0.717) is 0 Å². The number of nitrogens with zero attached hydrogens (tertiary/aromatic N) is 2. The van der Waals surface area contributed by atoms with Crippen molar-refractivity contribution in [2.45, 2.75) is 44.2 Å². The average Bonchev–Trinajstić information content (AvgIpc) is 3.46. The lowest BCUT2D eigenvalue weighted by atomic mass is 10.0. The van der Waals surface area contributed by atoms with Gasteiger partial charge in [0.2, 0.25) is 0 Å². The first-order chi connectivity index (χ1) is 15.3. The number of imidazole rings is 1. The lowest BCUT2D eigenvalue weighted by Gasteiger charge is -2.27. The van der Waals surface area contributed by atoms with Crippen molar-refractivity contribution in [2.75, 3.05) is 6.54 Å². The number of alkyl halides is 6. The molecule has 0 unspecified atom stereocenters. The fourth-order valence-corrected chi connectivity index (χ4v) is 3.74. The van der Waals surface area contributed by atoms with Gasteiger partial charge in [0.05, 0.1) is 0 Å². The maximum atomic E-state index is 10.6. The number of hydrogen-bond donors (Lipinski definition) is 3. The van der Waals surface area contributed by atoms with Crippen LogP contribution < -0.4 is 0 Å². The van der Waals surface area contributed by atoms with Crippen molar-refractivity contribution in [1.29, 1.82) is 0 Å². The molecule has 2 heterocycles. The third-order valence-electron chi connectivity index (χ3n) is 5.15. The highest BCUT2D eigenvalue weighted by atomic mass is 19.4. The number of carboxylic acids is 2. The molecule has 4 rings (SSSR count). The van der Waals surface area contributed by atoms with Gasteiger partial charge in [-0.2, -0.15) is 26.3 Å². The molecule has 0 radical (unpaired) electrons.